The number of hydrogen-bond donors (Lipinski definition) is 1. The summed E-state index contributed by atoms with van der Waals surface area (Å²) in [6.07, 6.45) is 0.387. The number of carbonyl (C=O) groups excluding carboxylic acids is 1. The van der Waals surface area contributed by atoms with E-state index < -0.39 is 12.1 Å². The highest BCUT2D eigenvalue weighted by Gasteiger charge is 2.28. The fraction of sp³-hybridized carbons (Fsp3) is 0.429. The first-order chi connectivity index (χ1) is 9.08. The maximum absolute atomic E-state index is 12.0. The minimum Gasteiger partial charge on any atom is -0.481 e. The third-order valence-corrected chi connectivity index (χ3v) is 3.25. The number of amides is 1. The standard InChI is InChI=1S/C14H17NO4/c1-10-4-2-3-5-12(10)15-9-8-11(19-14(15)18)6-7-13(16)17/h2-5,11H,6-9H2,1H3,(H,16,17). The normalized spacial score (nSPS) is 19.1. The van der Waals surface area contributed by atoms with Crippen LogP contribution in [0.5, 0.6) is 0 Å². The van der Waals surface area contributed by atoms with Crippen molar-refractivity contribution in [2.24, 2.45) is 0 Å². The van der Waals surface area contributed by atoms with Crippen LogP contribution in [-0.4, -0.2) is 29.8 Å². The molecule has 0 aromatic heterocycles. The van der Waals surface area contributed by atoms with Gasteiger partial charge in [0.1, 0.15) is 6.10 Å². The Morgan fingerprint density at radius 3 is 2.84 bits per heavy atom. The first kappa shape index (κ1) is 13.4. The van der Waals surface area contributed by atoms with Gasteiger partial charge in [-0.3, -0.25) is 9.69 Å². The summed E-state index contributed by atoms with van der Waals surface area (Å²) in [6, 6.07) is 7.63. The highest BCUT2D eigenvalue weighted by Crippen LogP contribution is 2.25. The van der Waals surface area contributed by atoms with Gasteiger partial charge < -0.3 is 9.84 Å². The topological polar surface area (TPSA) is 66.8 Å². The molecule has 1 N–H and O–H groups in total. The van der Waals surface area contributed by atoms with Crippen molar-refractivity contribution in [1.82, 2.24) is 0 Å². The Morgan fingerprint density at radius 2 is 2.21 bits per heavy atom. The van der Waals surface area contributed by atoms with Gasteiger partial charge in [-0.25, -0.2) is 4.79 Å². The summed E-state index contributed by atoms with van der Waals surface area (Å²) < 4.78 is 5.28. The molecule has 1 aliphatic heterocycles. The van der Waals surface area contributed by atoms with E-state index in [9.17, 15) is 9.59 Å². The molecule has 102 valence electrons. The summed E-state index contributed by atoms with van der Waals surface area (Å²) in [6.45, 7) is 2.51. The molecule has 2 rings (SSSR count). The van der Waals surface area contributed by atoms with E-state index in [0.717, 1.165) is 11.3 Å². The number of benzene rings is 1. The van der Waals surface area contributed by atoms with Gasteiger partial charge in [0.05, 0.1) is 0 Å². The van der Waals surface area contributed by atoms with Crippen LogP contribution in [0.3, 0.4) is 0 Å². The van der Waals surface area contributed by atoms with Gasteiger partial charge in [-0.15, -0.1) is 0 Å². The fourth-order valence-corrected chi connectivity index (χ4v) is 2.20. The Morgan fingerprint density at radius 1 is 1.47 bits per heavy atom. The molecule has 19 heavy (non-hydrogen) atoms. The summed E-state index contributed by atoms with van der Waals surface area (Å²) in [4.78, 5) is 24.1. The third-order valence-electron chi connectivity index (χ3n) is 3.25. The molecule has 0 bridgehead atoms. The van der Waals surface area contributed by atoms with Crippen LogP contribution in [-0.2, 0) is 9.53 Å². The molecule has 0 radical (unpaired) electrons. The minimum atomic E-state index is -0.864. The van der Waals surface area contributed by atoms with Crippen LogP contribution in [0.25, 0.3) is 0 Å². The molecule has 1 atom stereocenters. The zero-order valence-electron chi connectivity index (χ0n) is 10.8. The summed E-state index contributed by atoms with van der Waals surface area (Å²) in [7, 11) is 0. The van der Waals surface area contributed by atoms with Crippen molar-refractivity contribution in [3.05, 3.63) is 29.8 Å². The molecule has 1 unspecified atom stereocenters. The van der Waals surface area contributed by atoms with Crippen LogP contribution in [0.1, 0.15) is 24.8 Å². The Labute approximate surface area is 111 Å². The lowest BCUT2D eigenvalue weighted by Gasteiger charge is -2.32. The molecule has 5 nitrogen and oxygen atoms in total. The van der Waals surface area contributed by atoms with Gasteiger partial charge in [0.2, 0.25) is 0 Å². The predicted molar refractivity (Wildman–Crippen MR) is 70.3 cm³/mol. The number of aliphatic carboxylic acids is 1. The number of para-hydroxylation sites is 1. The smallest absolute Gasteiger partial charge is 0.414 e. The molecule has 1 amide bonds. The molecule has 1 saturated heterocycles. The zero-order valence-corrected chi connectivity index (χ0v) is 10.8. The van der Waals surface area contributed by atoms with E-state index in [2.05, 4.69) is 0 Å². The van der Waals surface area contributed by atoms with Gasteiger partial charge in [-0.1, -0.05) is 18.2 Å². The maximum atomic E-state index is 12.0. The Hall–Kier alpha value is -2.04. The average molecular weight is 263 g/mol. The predicted octanol–water partition coefficient (Wildman–Crippen LogP) is 2.58. The van der Waals surface area contributed by atoms with Crippen LogP contribution in [0.4, 0.5) is 10.5 Å². The Kier molecular flexibility index (Phi) is 4.04. The number of ether oxygens (including phenoxy) is 1. The number of carboxylic acids is 1. The van der Waals surface area contributed by atoms with Crippen molar-refractivity contribution in [3.8, 4) is 0 Å². The van der Waals surface area contributed by atoms with Gasteiger partial charge in [0, 0.05) is 25.1 Å². The Balaban J connectivity index is 1.99. The van der Waals surface area contributed by atoms with Crippen molar-refractivity contribution in [3.63, 3.8) is 0 Å². The largest absolute Gasteiger partial charge is 0.481 e. The lowest BCUT2D eigenvalue weighted by atomic mass is 10.1. The number of carbonyl (C=O) groups is 2. The number of anilines is 1. The third kappa shape index (κ3) is 3.24. The van der Waals surface area contributed by atoms with Crippen LogP contribution in [0, 0.1) is 6.92 Å². The van der Waals surface area contributed by atoms with E-state index in [4.69, 9.17) is 9.84 Å². The SMILES string of the molecule is Cc1ccccc1N1CCC(CCC(=O)O)OC1=O. The lowest BCUT2D eigenvalue weighted by Crippen LogP contribution is -2.42. The van der Waals surface area contributed by atoms with Crippen molar-refractivity contribution >= 4 is 17.7 Å². The quantitative estimate of drug-likeness (QED) is 0.906. The number of aryl methyl sites for hydroxylation is 1. The second-order valence-corrected chi connectivity index (χ2v) is 4.66. The van der Waals surface area contributed by atoms with Gasteiger partial charge >= 0.3 is 12.1 Å². The first-order valence-electron chi connectivity index (χ1n) is 6.33. The zero-order chi connectivity index (χ0) is 13.8. The molecule has 1 aromatic rings. The van der Waals surface area contributed by atoms with E-state index in [0.29, 0.717) is 19.4 Å². The average Bonchev–Trinajstić information content (AvgIpc) is 2.38. The fourth-order valence-electron chi connectivity index (χ4n) is 2.20. The van der Waals surface area contributed by atoms with Gasteiger partial charge in [0.15, 0.2) is 0 Å². The molecule has 0 saturated carbocycles. The number of rotatable bonds is 4. The number of carboxylic acid groups (broad SMARTS) is 1. The maximum Gasteiger partial charge on any atom is 0.414 e. The van der Waals surface area contributed by atoms with Crippen LogP contribution in [0.15, 0.2) is 24.3 Å². The monoisotopic (exact) mass is 263 g/mol. The first-order valence-corrected chi connectivity index (χ1v) is 6.33. The minimum absolute atomic E-state index is 0.0301. The second-order valence-electron chi connectivity index (χ2n) is 4.66. The molecule has 1 aromatic carbocycles. The van der Waals surface area contributed by atoms with Crippen molar-refractivity contribution in [2.45, 2.75) is 32.3 Å². The van der Waals surface area contributed by atoms with E-state index >= 15 is 0 Å². The summed E-state index contributed by atoms with van der Waals surface area (Å²) in [5, 5.41) is 8.63. The summed E-state index contributed by atoms with van der Waals surface area (Å²) in [5.41, 5.74) is 1.87. The van der Waals surface area contributed by atoms with Crippen molar-refractivity contribution in [2.75, 3.05) is 11.4 Å². The van der Waals surface area contributed by atoms with Crippen LogP contribution < -0.4 is 4.90 Å². The summed E-state index contributed by atoms with van der Waals surface area (Å²) >= 11 is 0. The molecular formula is C14H17NO4. The lowest BCUT2D eigenvalue weighted by molar-refractivity contribution is -0.137. The Bertz CT molecular complexity index is 486. The van der Waals surface area contributed by atoms with Gasteiger partial charge in [-0.05, 0) is 25.0 Å². The van der Waals surface area contributed by atoms with E-state index in [1.807, 2.05) is 31.2 Å². The number of cyclic esters (lactones) is 1. The molecular weight excluding hydrogens is 246 g/mol. The van der Waals surface area contributed by atoms with Crippen LogP contribution in [0.2, 0.25) is 0 Å². The number of hydrogen-bond acceptors (Lipinski definition) is 3. The molecule has 5 heteroatoms. The highest BCUT2D eigenvalue weighted by molar-refractivity contribution is 5.89. The van der Waals surface area contributed by atoms with E-state index in [-0.39, 0.29) is 12.5 Å². The molecule has 0 spiro atoms. The summed E-state index contributed by atoms with van der Waals surface area (Å²) in [5.74, 6) is -0.864. The van der Waals surface area contributed by atoms with Crippen molar-refractivity contribution < 1.29 is 19.4 Å². The van der Waals surface area contributed by atoms with Gasteiger partial charge in [0.25, 0.3) is 0 Å². The molecule has 0 aliphatic carbocycles. The van der Waals surface area contributed by atoms with Crippen LogP contribution >= 0.6 is 0 Å². The second kappa shape index (κ2) is 5.73. The van der Waals surface area contributed by atoms with E-state index in [1.165, 1.54) is 0 Å². The van der Waals surface area contributed by atoms with Gasteiger partial charge in [-0.2, -0.15) is 0 Å². The molecule has 1 heterocycles. The van der Waals surface area contributed by atoms with Crippen molar-refractivity contribution in [1.29, 1.82) is 0 Å². The molecule has 1 fully saturated rings. The highest BCUT2D eigenvalue weighted by atomic mass is 16.6. The molecule has 1 aliphatic rings. The van der Waals surface area contributed by atoms with E-state index in [1.54, 1.807) is 4.90 Å². The number of nitrogens with zero attached hydrogens (tertiary/aromatic N) is 1.